The fourth-order valence-corrected chi connectivity index (χ4v) is 3.12. The molecule has 0 bridgehead atoms. The van der Waals surface area contributed by atoms with Crippen LogP contribution in [-0.2, 0) is 4.79 Å². The molecule has 2 N–H and O–H groups in total. The topological polar surface area (TPSA) is 80.3 Å². The number of thiazole rings is 1. The Labute approximate surface area is 161 Å². The number of carbonyl (C=O) groups excluding carboxylic acids is 2. The number of benzene rings is 2. The summed E-state index contributed by atoms with van der Waals surface area (Å²) in [5, 5.41) is 8.00. The van der Waals surface area contributed by atoms with Crippen molar-refractivity contribution in [2.24, 2.45) is 0 Å². The summed E-state index contributed by atoms with van der Waals surface area (Å²) in [7, 11) is 0. The summed E-state index contributed by atoms with van der Waals surface area (Å²) in [4.78, 5) is 28.2. The largest absolute Gasteiger partial charge is 0.484 e. The van der Waals surface area contributed by atoms with Crippen molar-refractivity contribution in [3.8, 4) is 16.3 Å². The second kappa shape index (κ2) is 8.95. The third-order valence-corrected chi connectivity index (χ3v) is 4.50. The molecule has 3 aromatic rings. The van der Waals surface area contributed by atoms with E-state index in [1.54, 1.807) is 29.6 Å². The predicted molar refractivity (Wildman–Crippen MR) is 106 cm³/mol. The Bertz CT molecular complexity index is 908. The number of nitrogens with zero attached hydrogens (tertiary/aromatic N) is 1. The minimum atomic E-state index is -0.274. The van der Waals surface area contributed by atoms with Crippen molar-refractivity contribution in [1.29, 1.82) is 0 Å². The van der Waals surface area contributed by atoms with Gasteiger partial charge in [-0.2, -0.15) is 0 Å². The van der Waals surface area contributed by atoms with Crippen LogP contribution in [0.1, 0.15) is 17.4 Å². The van der Waals surface area contributed by atoms with Crippen molar-refractivity contribution in [2.75, 3.05) is 18.5 Å². The minimum Gasteiger partial charge on any atom is -0.484 e. The third kappa shape index (κ3) is 5.15. The van der Waals surface area contributed by atoms with E-state index in [9.17, 15) is 9.59 Å². The monoisotopic (exact) mass is 381 g/mol. The Morgan fingerprint density at radius 3 is 2.52 bits per heavy atom. The van der Waals surface area contributed by atoms with Gasteiger partial charge in [-0.1, -0.05) is 30.3 Å². The van der Waals surface area contributed by atoms with Gasteiger partial charge in [-0.25, -0.2) is 4.98 Å². The molecule has 0 aliphatic carbocycles. The first-order chi connectivity index (χ1) is 13.2. The number of ether oxygens (including phenoxy) is 1. The highest BCUT2D eigenvalue weighted by atomic mass is 32.1. The Morgan fingerprint density at radius 2 is 1.81 bits per heavy atom. The summed E-state index contributed by atoms with van der Waals surface area (Å²) < 4.78 is 5.38. The first-order valence-corrected chi connectivity index (χ1v) is 9.35. The van der Waals surface area contributed by atoms with Crippen LogP contribution in [0.4, 0.5) is 5.69 Å². The summed E-state index contributed by atoms with van der Waals surface area (Å²) in [6.45, 7) is 2.37. The lowest BCUT2D eigenvalue weighted by molar-refractivity contribution is -0.122. The molecule has 2 aromatic carbocycles. The lowest BCUT2D eigenvalue weighted by Gasteiger charge is -2.07. The molecule has 0 aliphatic heterocycles. The average Bonchev–Trinajstić information content (AvgIpc) is 3.19. The van der Waals surface area contributed by atoms with Crippen molar-refractivity contribution in [1.82, 2.24) is 10.3 Å². The van der Waals surface area contributed by atoms with Gasteiger partial charge in [0.1, 0.15) is 16.5 Å². The lowest BCUT2D eigenvalue weighted by Crippen LogP contribution is -2.28. The molecule has 3 rings (SSSR count). The van der Waals surface area contributed by atoms with Gasteiger partial charge in [0.2, 0.25) is 0 Å². The number of nitrogens with one attached hydrogen (secondary N) is 2. The Morgan fingerprint density at radius 1 is 1.07 bits per heavy atom. The van der Waals surface area contributed by atoms with E-state index in [4.69, 9.17) is 4.74 Å². The van der Waals surface area contributed by atoms with Gasteiger partial charge in [-0.15, -0.1) is 11.3 Å². The van der Waals surface area contributed by atoms with Crippen LogP contribution < -0.4 is 15.4 Å². The highest BCUT2D eigenvalue weighted by molar-refractivity contribution is 7.13. The molecule has 1 aromatic heterocycles. The molecule has 1 heterocycles. The Kier molecular flexibility index (Phi) is 6.17. The van der Waals surface area contributed by atoms with Crippen LogP contribution in [0.15, 0.2) is 60.0 Å². The molecule has 0 radical (unpaired) electrons. The molecule has 7 heteroatoms. The zero-order valence-corrected chi connectivity index (χ0v) is 15.6. The van der Waals surface area contributed by atoms with E-state index in [0.717, 1.165) is 10.6 Å². The van der Waals surface area contributed by atoms with E-state index >= 15 is 0 Å². The zero-order chi connectivity index (χ0) is 19.1. The zero-order valence-electron chi connectivity index (χ0n) is 14.8. The molecule has 0 spiro atoms. The number of hydrogen-bond acceptors (Lipinski definition) is 5. The number of hydrogen-bond donors (Lipinski definition) is 2. The molecule has 0 saturated heterocycles. The van der Waals surface area contributed by atoms with E-state index in [-0.39, 0.29) is 18.4 Å². The van der Waals surface area contributed by atoms with Gasteiger partial charge in [0.15, 0.2) is 6.61 Å². The molecule has 0 unspecified atom stereocenters. The highest BCUT2D eigenvalue weighted by Gasteiger charge is 2.12. The fraction of sp³-hybridized carbons (Fsp3) is 0.150. The molecule has 0 saturated carbocycles. The van der Waals surface area contributed by atoms with Crippen LogP contribution in [0.25, 0.3) is 10.6 Å². The van der Waals surface area contributed by atoms with E-state index in [0.29, 0.717) is 23.7 Å². The van der Waals surface area contributed by atoms with Crippen LogP contribution in [-0.4, -0.2) is 29.9 Å². The second-order valence-electron chi connectivity index (χ2n) is 5.62. The molecular formula is C20H19N3O3S. The number of rotatable bonds is 7. The van der Waals surface area contributed by atoms with Crippen molar-refractivity contribution in [3.05, 3.63) is 65.7 Å². The number of likely N-dealkylation sites (N-methyl/N-ethyl adjacent to an activating group) is 1. The number of anilines is 1. The number of aromatic nitrogens is 1. The smallest absolute Gasteiger partial charge is 0.275 e. The van der Waals surface area contributed by atoms with E-state index in [1.165, 1.54) is 11.3 Å². The summed E-state index contributed by atoms with van der Waals surface area (Å²) in [5.41, 5.74) is 1.98. The third-order valence-electron chi connectivity index (χ3n) is 3.61. The van der Waals surface area contributed by atoms with Gasteiger partial charge in [0, 0.05) is 23.2 Å². The van der Waals surface area contributed by atoms with Crippen LogP contribution in [0.3, 0.4) is 0 Å². The maximum Gasteiger partial charge on any atom is 0.275 e. The van der Waals surface area contributed by atoms with Gasteiger partial charge >= 0.3 is 0 Å². The molecule has 0 atom stereocenters. The summed E-state index contributed by atoms with van der Waals surface area (Å²) in [5.74, 6) is 0.108. The summed E-state index contributed by atoms with van der Waals surface area (Å²) in [6.07, 6.45) is 0. The molecule has 0 fully saturated rings. The SMILES string of the molecule is CCNC(=O)COc1ccc(NC(=O)c2csc(-c3ccccc3)n2)cc1. The van der Waals surface area contributed by atoms with Gasteiger partial charge in [-0.05, 0) is 31.2 Å². The summed E-state index contributed by atoms with van der Waals surface area (Å²) in [6, 6.07) is 16.6. The number of amides is 2. The van der Waals surface area contributed by atoms with Crippen molar-refractivity contribution in [2.45, 2.75) is 6.92 Å². The molecule has 0 aliphatic rings. The summed E-state index contributed by atoms with van der Waals surface area (Å²) >= 11 is 1.43. The Hall–Kier alpha value is -3.19. The lowest BCUT2D eigenvalue weighted by atomic mass is 10.2. The fourth-order valence-electron chi connectivity index (χ4n) is 2.32. The standard InChI is InChI=1S/C20H19N3O3S/c1-2-21-18(24)12-26-16-10-8-15(9-11-16)22-19(25)17-13-27-20(23-17)14-6-4-3-5-7-14/h3-11,13H,2,12H2,1H3,(H,21,24)(H,22,25). The van der Waals surface area contributed by atoms with Crippen LogP contribution in [0.5, 0.6) is 5.75 Å². The van der Waals surface area contributed by atoms with Gasteiger partial charge in [0.05, 0.1) is 0 Å². The molecule has 2 amide bonds. The molecule has 27 heavy (non-hydrogen) atoms. The van der Waals surface area contributed by atoms with Gasteiger partial charge < -0.3 is 15.4 Å². The predicted octanol–water partition coefficient (Wildman–Crippen LogP) is 3.58. The maximum absolute atomic E-state index is 12.4. The van der Waals surface area contributed by atoms with Crippen LogP contribution >= 0.6 is 11.3 Å². The molecular weight excluding hydrogens is 362 g/mol. The molecule has 138 valence electrons. The van der Waals surface area contributed by atoms with Gasteiger partial charge in [0.25, 0.3) is 11.8 Å². The minimum absolute atomic E-state index is 0.0410. The van der Waals surface area contributed by atoms with Crippen molar-refractivity contribution >= 4 is 28.8 Å². The quantitative estimate of drug-likeness (QED) is 0.656. The van der Waals surface area contributed by atoms with Crippen molar-refractivity contribution in [3.63, 3.8) is 0 Å². The van der Waals surface area contributed by atoms with Gasteiger partial charge in [-0.3, -0.25) is 9.59 Å². The normalized spacial score (nSPS) is 10.3. The number of carbonyl (C=O) groups is 2. The van der Waals surface area contributed by atoms with Crippen LogP contribution in [0.2, 0.25) is 0 Å². The molecule has 6 nitrogen and oxygen atoms in total. The second-order valence-corrected chi connectivity index (χ2v) is 6.48. The Balaban J connectivity index is 1.58. The van der Waals surface area contributed by atoms with Crippen molar-refractivity contribution < 1.29 is 14.3 Å². The average molecular weight is 381 g/mol. The van der Waals surface area contributed by atoms with Crippen LogP contribution in [0, 0.1) is 0 Å². The van der Waals surface area contributed by atoms with E-state index in [1.807, 2.05) is 37.3 Å². The first-order valence-electron chi connectivity index (χ1n) is 8.47. The first kappa shape index (κ1) is 18.6. The highest BCUT2D eigenvalue weighted by Crippen LogP contribution is 2.24. The van der Waals surface area contributed by atoms with E-state index < -0.39 is 0 Å². The maximum atomic E-state index is 12.4. The van der Waals surface area contributed by atoms with E-state index in [2.05, 4.69) is 15.6 Å².